The summed E-state index contributed by atoms with van der Waals surface area (Å²) in [5, 5.41) is 3.11. The summed E-state index contributed by atoms with van der Waals surface area (Å²) < 4.78 is 39.8. The maximum absolute atomic E-state index is 13.4. The summed E-state index contributed by atoms with van der Waals surface area (Å²) in [5.41, 5.74) is 6.87. The molecule has 0 radical (unpaired) electrons. The van der Waals surface area contributed by atoms with E-state index < -0.39 is 17.5 Å². The first-order chi connectivity index (χ1) is 10.0. The number of nitrogens with two attached hydrogens (primary N) is 1. The predicted octanol–water partition coefficient (Wildman–Crippen LogP) is 2.97. The van der Waals surface area contributed by atoms with E-state index in [1.807, 2.05) is 6.92 Å². The SMILES string of the molecule is CCNC(Cc1cccnc1N)c1cc(F)c(F)c(F)c1. The van der Waals surface area contributed by atoms with Gasteiger partial charge in [0.05, 0.1) is 0 Å². The molecule has 3 N–H and O–H groups in total. The molecule has 0 amide bonds. The van der Waals surface area contributed by atoms with Crippen molar-refractivity contribution in [3.63, 3.8) is 0 Å². The number of anilines is 1. The van der Waals surface area contributed by atoms with E-state index >= 15 is 0 Å². The van der Waals surface area contributed by atoms with E-state index in [9.17, 15) is 13.2 Å². The monoisotopic (exact) mass is 295 g/mol. The molecule has 112 valence electrons. The normalized spacial score (nSPS) is 12.4. The molecule has 0 fully saturated rings. The Bertz CT molecular complexity index is 608. The maximum Gasteiger partial charge on any atom is 0.194 e. The van der Waals surface area contributed by atoms with Crippen molar-refractivity contribution >= 4 is 5.82 Å². The van der Waals surface area contributed by atoms with Crippen molar-refractivity contribution in [2.75, 3.05) is 12.3 Å². The lowest BCUT2D eigenvalue weighted by molar-refractivity contribution is 0.439. The number of nitrogens with one attached hydrogen (secondary N) is 1. The van der Waals surface area contributed by atoms with Crippen molar-refractivity contribution < 1.29 is 13.2 Å². The average molecular weight is 295 g/mol. The van der Waals surface area contributed by atoms with Gasteiger partial charge in [0, 0.05) is 12.2 Å². The van der Waals surface area contributed by atoms with Gasteiger partial charge in [0.25, 0.3) is 0 Å². The van der Waals surface area contributed by atoms with E-state index in [-0.39, 0.29) is 6.04 Å². The number of nitrogen functional groups attached to an aromatic ring is 1. The summed E-state index contributed by atoms with van der Waals surface area (Å²) in [4.78, 5) is 3.98. The molecule has 6 heteroatoms. The van der Waals surface area contributed by atoms with Gasteiger partial charge in [-0.25, -0.2) is 18.2 Å². The largest absolute Gasteiger partial charge is 0.383 e. The third-order valence-corrected chi connectivity index (χ3v) is 3.21. The van der Waals surface area contributed by atoms with E-state index in [2.05, 4.69) is 10.3 Å². The number of likely N-dealkylation sites (N-methyl/N-ethyl adjacent to an activating group) is 1. The second-order valence-corrected chi connectivity index (χ2v) is 4.66. The predicted molar refractivity (Wildman–Crippen MR) is 75.1 cm³/mol. The second kappa shape index (κ2) is 6.58. The van der Waals surface area contributed by atoms with E-state index in [0.717, 1.165) is 17.7 Å². The molecule has 0 saturated heterocycles. The van der Waals surface area contributed by atoms with Gasteiger partial charge in [0.15, 0.2) is 17.5 Å². The van der Waals surface area contributed by atoms with Crippen LogP contribution in [-0.2, 0) is 6.42 Å². The Hall–Kier alpha value is -2.08. The number of hydrogen-bond donors (Lipinski definition) is 2. The Morgan fingerprint density at radius 1 is 1.24 bits per heavy atom. The molecule has 1 heterocycles. The number of aromatic nitrogens is 1. The molecule has 0 spiro atoms. The molecule has 3 nitrogen and oxygen atoms in total. The van der Waals surface area contributed by atoms with E-state index in [1.165, 1.54) is 0 Å². The zero-order chi connectivity index (χ0) is 15.4. The first kappa shape index (κ1) is 15.3. The fourth-order valence-electron chi connectivity index (χ4n) is 2.17. The van der Waals surface area contributed by atoms with E-state index in [0.29, 0.717) is 24.3 Å². The van der Waals surface area contributed by atoms with Gasteiger partial charge >= 0.3 is 0 Å². The summed E-state index contributed by atoms with van der Waals surface area (Å²) in [5.74, 6) is -3.50. The maximum atomic E-state index is 13.4. The summed E-state index contributed by atoms with van der Waals surface area (Å²) in [6.07, 6.45) is 1.97. The van der Waals surface area contributed by atoms with Crippen LogP contribution in [0.2, 0.25) is 0 Å². The van der Waals surface area contributed by atoms with Crippen LogP contribution in [0, 0.1) is 17.5 Å². The third kappa shape index (κ3) is 3.52. The van der Waals surface area contributed by atoms with Crippen LogP contribution >= 0.6 is 0 Å². The molecule has 1 aromatic heterocycles. The molecule has 0 saturated carbocycles. The first-order valence-corrected chi connectivity index (χ1v) is 6.60. The number of rotatable bonds is 5. The van der Waals surface area contributed by atoms with Crippen LogP contribution in [0.4, 0.5) is 19.0 Å². The molecule has 0 aliphatic rings. The zero-order valence-corrected chi connectivity index (χ0v) is 11.5. The highest BCUT2D eigenvalue weighted by molar-refractivity contribution is 5.40. The highest BCUT2D eigenvalue weighted by Gasteiger charge is 2.18. The Balaban J connectivity index is 2.33. The molecule has 2 rings (SSSR count). The third-order valence-electron chi connectivity index (χ3n) is 3.21. The Morgan fingerprint density at radius 2 is 1.90 bits per heavy atom. The minimum absolute atomic E-state index is 0.330. The van der Waals surface area contributed by atoms with Gasteiger partial charge in [0.2, 0.25) is 0 Å². The van der Waals surface area contributed by atoms with Crippen LogP contribution < -0.4 is 11.1 Å². The highest BCUT2D eigenvalue weighted by atomic mass is 19.2. The average Bonchev–Trinajstić information content (AvgIpc) is 2.46. The Morgan fingerprint density at radius 3 is 2.48 bits per heavy atom. The summed E-state index contributed by atoms with van der Waals surface area (Å²) in [7, 11) is 0. The molecular formula is C15H16F3N3. The summed E-state index contributed by atoms with van der Waals surface area (Å²) in [6, 6.07) is 5.14. The van der Waals surface area contributed by atoms with Gasteiger partial charge in [-0.15, -0.1) is 0 Å². The number of hydrogen-bond acceptors (Lipinski definition) is 3. The van der Waals surface area contributed by atoms with Crippen LogP contribution in [0.15, 0.2) is 30.5 Å². The fourth-order valence-corrected chi connectivity index (χ4v) is 2.17. The highest BCUT2D eigenvalue weighted by Crippen LogP contribution is 2.24. The molecular weight excluding hydrogens is 279 g/mol. The number of pyridine rings is 1. The molecule has 2 aromatic rings. The molecule has 1 aromatic carbocycles. The van der Waals surface area contributed by atoms with Gasteiger partial charge in [-0.3, -0.25) is 0 Å². The Kier molecular flexibility index (Phi) is 4.80. The molecule has 0 aliphatic heterocycles. The van der Waals surface area contributed by atoms with Gasteiger partial charge in [-0.2, -0.15) is 0 Å². The molecule has 0 aliphatic carbocycles. The van der Waals surface area contributed by atoms with Crippen LogP contribution in [0.1, 0.15) is 24.1 Å². The van der Waals surface area contributed by atoms with Crippen molar-refractivity contribution in [3.05, 3.63) is 59.0 Å². The zero-order valence-electron chi connectivity index (χ0n) is 11.5. The fraction of sp³-hybridized carbons (Fsp3) is 0.267. The van der Waals surface area contributed by atoms with Crippen molar-refractivity contribution in [2.24, 2.45) is 0 Å². The lowest BCUT2D eigenvalue weighted by atomic mass is 9.98. The van der Waals surface area contributed by atoms with Gasteiger partial charge in [-0.05, 0) is 42.3 Å². The standard InChI is InChI=1S/C15H16F3N3/c1-2-20-13(8-9-4-3-5-21-15(9)19)10-6-11(16)14(18)12(17)7-10/h3-7,13,20H,2,8H2,1H3,(H2,19,21). The number of halogens is 3. The van der Waals surface area contributed by atoms with Crippen LogP contribution in [-0.4, -0.2) is 11.5 Å². The van der Waals surface area contributed by atoms with Crippen LogP contribution in [0.25, 0.3) is 0 Å². The lowest BCUT2D eigenvalue weighted by Gasteiger charge is -2.19. The van der Waals surface area contributed by atoms with Gasteiger partial charge in [-0.1, -0.05) is 13.0 Å². The first-order valence-electron chi connectivity index (χ1n) is 6.60. The van der Waals surface area contributed by atoms with E-state index in [1.54, 1.807) is 18.3 Å². The number of nitrogens with zero attached hydrogens (tertiary/aromatic N) is 1. The van der Waals surface area contributed by atoms with Crippen molar-refractivity contribution in [2.45, 2.75) is 19.4 Å². The smallest absolute Gasteiger partial charge is 0.194 e. The molecule has 1 atom stereocenters. The van der Waals surface area contributed by atoms with Gasteiger partial charge < -0.3 is 11.1 Å². The Labute approximate surface area is 121 Å². The minimum atomic E-state index is -1.46. The van der Waals surface area contributed by atoms with Crippen molar-refractivity contribution in [3.8, 4) is 0 Å². The minimum Gasteiger partial charge on any atom is -0.383 e. The van der Waals surface area contributed by atoms with Crippen molar-refractivity contribution in [1.82, 2.24) is 10.3 Å². The van der Waals surface area contributed by atoms with Gasteiger partial charge in [0.1, 0.15) is 5.82 Å². The second-order valence-electron chi connectivity index (χ2n) is 4.66. The quantitative estimate of drug-likeness (QED) is 0.834. The van der Waals surface area contributed by atoms with E-state index in [4.69, 9.17) is 5.73 Å². The summed E-state index contributed by atoms with van der Waals surface area (Å²) >= 11 is 0. The number of benzene rings is 1. The van der Waals surface area contributed by atoms with Crippen LogP contribution in [0.5, 0.6) is 0 Å². The molecule has 0 bridgehead atoms. The van der Waals surface area contributed by atoms with Crippen LogP contribution in [0.3, 0.4) is 0 Å². The topological polar surface area (TPSA) is 50.9 Å². The molecule has 21 heavy (non-hydrogen) atoms. The molecule has 1 unspecified atom stereocenters. The van der Waals surface area contributed by atoms with Crippen molar-refractivity contribution in [1.29, 1.82) is 0 Å². The lowest BCUT2D eigenvalue weighted by Crippen LogP contribution is -2.24. The summed E-state index contributed by atoms with van der Waals surface area (Å²) in [6.45, 7) is 2.46.